The lowest BCUT2D eigenvalue weighted by atomic mass is 9.74. The van der Waals surface area contributed by atoms with Crippen LogP contribution in [-0.2, 0) is 9.59 Å². The van der Waals surface area contributed by atoms with Crippen molar-refractivity contribution in [2.75, 3.05) is 0 Å². The molecule has 3 aliphatic rings. The molecule has 1 aliphatic carbocycles. The minimum absolute atomic E-state index is 0.142. The molecule has 4 rings (SSSR count). The van der Waals surface area contributed by atoms with E-state index in [1.165, 1.54) is 0 Å². The summed E-state index contributed by atoms with van der Waals surface area (Å²) < 4.78 is 5.42. The molecule has 2 aliphatic heterocycles. The Bertz CT molecular complexity index is 742. The van der Waals surface area contributed by atoms with E-state index in [0.29, 0.717) is 17.7 Å². The van der Waals surface area contributed by atoms with E-state index in [1.54, 1.807) is 6.07 Å². The summed E-state index contributed by atoms with van der Waals surface area (Å²) in [6.45, 7) is 1.88. The molecule has 0 aromatic heterocycles. The van der Waals surface area contributed by atoms with Gasteiger partial charge in [0.05, 0.1) is 11.5 Å². The lowest BCUT2D eigenvalue weighted by Crippen LogP contribution is -2.37. The van der Waals surface area contributed by atoms with Crippen molar-refractivity contribution in [3.8, 4) is 5.75 Å². The fourth-order valence-corrected chi connectivity index (χ4v) is 3.53. The number of ketones is 1. The summed E-state index contributed by atoms with van der Waals surface area (Å²) in [6.07, 6.45) is 2.28. The van der Waals surface area contributed by atoms with Gasteiger partial charge in [-0.3, -0.25) is 4.79 Å². The molecule has 0 unspecified atom stereocenters. The monoisotopic (exact) mass is 281 g/mol. The van der Waals surface area contributed by atoms with E-state index < -0.39 is 0 Å². The van der Waals surface area contributed by atoms with Crippen molar-refractivity contribution in [1.29, 1.82) is 0 Å². The maximum atomic E-state index is 12.4. The van der Waals surface area contributed by atoms with Crippen LogP contribution < -0.4 is 10.1 Å². The summed E-state index contributed by atoms with van der Waals surface area (Å²) in [6, 6.07) is 7.49. The van der Waals surface area contributed by atoms with Gasteiger partial charge in [0.2, 0.25) is 0 Å². The highest BCUT2D eigenvalue weighted by Gasteiger charge is 2.42. The molecule has 4 heteroatoms. The third-order valence-electron chi connectivity index (χ3n) is 4.43. The molecule has 106 valence electrons. The molecule has 0 fully saturated rings. The lowest BCUT2D eigenvalue weighted by Gasteiger charge is -2.36. The second kappa shape index (κ2) is 4.32. The molecule has 0 amide bonds. The SMILES string of the molecule is CC1=C2C(=O)Oc3ccccc3[C@@H]2C2=C(CCCC2=O)N1. The van der Waals surface area contributed by atoms with Gasteiger partial charge >= 0.3 is 5.97 Å². The number of carbonyl (C=O) groups excluding carboxylic acids is 2. The number of hydrogen-bond donors (Lipinski definition) is 1. The van der Waals surface area contributed by atoms with Crippen LogP contribution in [0.3, 0.4) is 0 Å². The van der Waals surface area contributed by atoms with Gasteiger partial charge in [0.25, 0.3) is 0 Å². The van der Waals surface area contributed by atoms with Crippen molar-refractivity contribution >= 4 is 11.8 Å². The van der Waals surface area contributed by atoms with Crippen molar-refractivity contribution in [1.82, 2.24) is 5.32 Å². The Kier molecular flexibility index (Phi) is 2.55. The molecule has 0 spiro atoms. The van der Waals surface area contributed by atoms with Gasteiger partial charge in [0.1, 0.15) is 5.75 Å². The van der Waals surface area contributed by atoms with Gasteiger partial charge in [-0.1, -0.05) is 18.2 Å². The summed E-state index contributed by atoms with van der Waals surface area (Å²) in [4.78, 5) is 24.8. The summed E-state index contributed by atoms with van der Waals surface area (Å²) in [7, 11) is 0. The van der Waals surface area contributed by atoms with Gasteiger partial charge in [-0.2, -0.15) is 0 Å². The number of allylic oxidation sites excluding steroid dienone is 3. The number of benzene rings is 1. The van der Waals surface area contributed by atoms with Gasteiger partial charge in [0.15, 0.2) is 5.78 Å². The van der Waals surface area contributed by atoms with Crippen molar-refractivity contribution in [3.05, 3.63) is 52.4 Å². The molecule has 1 aromatic carbocycles. The number of ether oxygens (including phenoxy) is 1. The Hall–Kier alpha value is -2.36. The number of fused-ring (bicyclic) bond motifs is 4. The molecular formula is C17H15NO3. The standard InChI is InChI=1S/C17H15NO3/c1-9-14-15(16-11(18-9)6-4-7-12(16)19)10-5-2-3-8-13(10)21-17(14)20/h2-3,5,8,15,18H,4,6-7H2,1H3/t15-/m0/s1. The van der Waals surface area contributed by atoms with Crippen LogP contribution in [0.15, 0.2) is 46.8 Å². The quantitative estimate of drug-likeness (QED) is 0.586. The maximum absolute atomic E-state index is 12.4. The highest BCUT2D eigenvalue weighted by atomic mass is 16.5. The summed E-state index contributed by atoms with van der Waals surface area (Å²) in [5.74, 6) is 0.0829. The number of nitrogens with one attached hydrogen (secondary N) is 1. The van der Waals surface area contributed by atoms with Crippen molar-refractivity contribution < 1.29 is 14.3 Å². The van der Waals surface area contributed by atoms with Gasteiger partial charge < -0.3 is 10.1 Å². The number of carbonyl (C=O) groups is 2. The van der Waals surface area contributed by atoms with Crippen LogP contribution in [-0.4, -0.2) is 11.8 Å². The fraction of sp³-hybridized carbons (Fsp3) is 0.294. The second-order valence-electron chi connectivity index (χ2n) is 5.69. The Morgan fingerprint density at radius 3 is 2.81 bits per heavy atom. The molecule has 0 saturated carbocycles. The summed E-state index contributed by atoms with van der Waals surface area (Å²) in [5, 5.41) is 3.25. The van der Waals surface area contributed by atoms with E-state index >= 15 is 0 Å². The van der Waals surface area contributed by atoms with Gasteiger partial charge in [-0.25, -0.2) is 4.79 Å². The molecule has 2 heterocycles. The molecule has 1 aromatic rings. The Morgan fingerprint density at radius 1 is 1.14 bits per heavy atom. The first-order chi connectivity index (χ1) is 10.2. The second-order valence-corrected chi connectivity index (χ2v) is 5.69. The van der Waals surface area contributed by atoms with Crippen LogP contribution in [0.1, 0.15) is 37.7 Å². The minimum Gasteiger partial charge on any atom is -0.423 e. The van der Waals surface area contributed by atoms with Gasteiger partial charge in [-0.15, -0.1) is 0 Å². The Balaban J connectivity index is 1.98. The van der Waals surface area contributed by atoms with E-state index in [0.717, 1.165) is 35.4 Å². The van der Waals surface area contributed by atoms with Gasteiger partial charge in [0, 0.05) is 29.0 Å². The molecule has 1 atom stereocenters. The van der Waals surface area contributed by atoms with Crippen LogP contribution in [0.5, 0.6) is 5.75 Å². The highest BCUT2D eigenvalue weighted by molar-refractivity contribution is 6.05. The number of rotatable bonds is 0. The molecule has 0 saturated heterocycles. The normalized spacial score (nSPS) is 24.0. The first kappa shape index (κ1) is 12.4. The minimum atomic E-state index is -0.353. The van der Waals surface area contributed by atoms with Crippen molar-refractivity contribution in [3.63, 3.8) is 0 Å². The molecular weight excluding hydrogens is 266 g/mol. The molecule has 0 bridgehead atoms. The maximum Gasteiger partial charge on any atom is 0.342 e. The zero-order valence-electron chi connectivity index (χ0n) is 11.7. The first-order valence-corrected chi connectivity index (χ1v) is 7.22. The summed E-state index contributed by atoms with van der Waals surface area (Å²) >= 11 is 0. The molecule has 4 nitrogen and oxygen atoms in total. The van der Waals surface area contributed by atoms with Crippen LogP contribution in [0.2, 0.25) is 0 Å². The molecule has 0 radical (unpaired) electrons. The number of dihydropyridines is 1. The zero-order chi connectivity index (χ0) is 14.6. The van der Waals surface area contributed by atoms with E-state index in [1.807, 2.05) is 25.1 Å². The smallest absolute Gasteiger partial charge is 0.342 e. The predicted octanol–water partition coefficient (Wildman–Crippen LogP) is 2.57. The van der Waals surface area contributed by atoms with Crippen molar-refractivity contribution in [2.45, 2.75) is 32.1 Å². The largest absolute Gasteiger partial charge is 0.423 e. The number of hydrogen-bond acceptors (Lipinski definition) is 4. The average molecular weight is 281 g/mol. The van der Waals surface area contributed by atoms with E-state index in [9.17, 15) is 9.59 Å². The van der Waals surface area contributed by atoms with Crippen LogP contribution in [0.25, 0.3) is 0 Å². The highest BCUT2D eigenvalue weighted by Crippen LogP contribution is 2.47. The van der Waals surface area contributed by atoms with E-state index in [2.05, 4.69) is 5.32 Å². The van der Waals surface area contributed by atoms with E-state index in [-0.39, 0.29) is 17.7 Å². The predicted molar refractivity (Wildman–Crippen MR) is 76.5 cm³/mol. The average Bonchev–Trinajstić information content (AvgIpc) is 2.46. The lowest BCUT2D eigenvalue weighted by molar-refractivity contribution is -0.131. The van der Waals surface area contributed by atoms with Crippen LogP contribution in [0, 0.1) is 0 Å². The Morgan fingerprint density at radius 2 is 1.95 bits per heavy atom. The first-order valence-electron chi connectivity index (χ1n) is 7.22. The van der Waals surface area contributed by atoms with Crippen LogP contribution >= 0.6 is 0 Å². The van der Waals surface area contributed by atoms with Crippen LogP contribution in [0.4, 0.5) is 0 Å². The zero-order valence-corrected chi connectivity index (χ0v) is 11.7. The summed E-state index contributed by atoms with van der Waals surface area (Å²) in [5.41, 5.74) is 4.01. The number of Topliss-reactive ketones (excluding diaryl/α,β-unsaturated/α-hetero) is 1. The number of para-hydroxylation sites is 1. The van der Waals surface area contributed by atoms with E-state index in [4.69, 9.17) is 4.74 Å². The Labute approximate surface area is 122 Å². The third-order valence-corrected chi connectivity index (χ3v) is 4.43. The molecule has 21 heavy (non-hydrogen) atoms. The fourth-order valence-electron chi connectivity index (χ4n) is 3.53. The third kappa shape index (κ3) is 1.68. The number of esters is 1. The van der Waals surface area contributed by atoms with Crippen molar-refractivity contribution in [2.24, 2.45) is 0 Å². The molecule has 1 N–H and O–H groups in total. The topological polar surface area (TPSA) is 55.4 Å². The van der Waals surface area contributed by atoms with Gasteiger partial charge in [-0.05, 0) is 25.8 Å².